The molecule has 1 saturated heterocycles. The van der Waals surface area contributed by atoms with Crippen molar-refractivity contribution in [2.45, 2.75) is 31.8 Å². The molecular formula is C14H20NO+. The molecule has 16 heavy (non-hydrogen) atoms. The van der Waals surface area contributed by atoms with Crippen molar-refractivity contribution >= 4 is 0 Å². The van der Waals surface area contributed by atoms with Crippen molar-refractivity contribution < 1.29 is 9.64 Å². The molecule has 1 N–H and O–H groups in total. The van der Waals surface area contributed by atoms with Crippen LogP contribution in [0.5, 0.6) is 5.75 Å². The Labute approximate surface area is 97.2 Å². The Kier molecular flexibility index (Phi) is 2.83. The quantitative estimate of drug-likeness (QED) is 0.783. The highest BCUT2D eigenvalue weighted by Gasteiger charge is 2.27. The minimum Gasteiger partial charge on any atom is -0.484 e. The first-order chi connectivity index (χ1) is 7.92. The van der Waals surface area contributed by atoms with Gasteiger partial charge < -0.3 is 9.64 Å². The average molecular weight is 218 g/mol. The van der Waals surface area contributed by atoms with Crippen molar-refractivity contribution in [1.82, 2.24) is 0 Å². The number of nitrogens with one attached hydrogen (secondary N) is 1. The van der Waals surface area contributed by atoms with Gasteiger partial charge in [-0.2, -0.15) is 0 Å². The molecule has 0 radical (unpaired) electrons. The predicted octanol–water partition coefficient (Wildman–Crippen LogP) is 1.06. The van der Waals surface area contributed by atoms with Gasteiger partial charge in [-0.25, -0.2) is 0 Å². The maximum Gasteiger partial charge on any atom is 0.151 e. The van der Waals surface area contributed by atoms with E-state index in [4.69, 9.17) is 4.74 Å². The SMILES string of the molecule is c1ccc2c(c1)C[C@H](C[NH+]1CCCCC1)O2. The van der Waals surface area contributed by atoms with Crippen LogP contribution in [0.25, 0.3) is 0 Å². The number of likely N-dealkylation sites (tertiary alicyclic amines) is 1. The highest BCUT2D eigenvalue weighted by molar-refractivity contribution is 5.37. The summed E-state index contributed by atoms with van der Waals surface area (Å²) in [7, 11) is 0. The number of ether oxygens (including phenoxy) is 1. The molecule has 0 bridgehead atoms. The van der Waals surface area contributed by atoms with E-state index >= 15 is 0 Å². The molecule has 2 nitrogen and oxygen atoms in total. The lowest BCUT2D eigenvalue weighted by Crippen LogP contribution is -3.14. The number of hydrogen-bond donors (Lipinski definition) is 1. The van der Waals surface area contributed by atoms with E-state index in [1.165, 1.54) is 44.5 Å². The summed E-state index contributed by atoms with van der Waals surface area (Å²) in [6.45, 7) is 3.88. The van der Waals surface area contributed by atoms with Crippen molar-refractivity contribution in [2.24, 2.45) is 0 Å². The van der Waals surface area contributed by atoms with Crippen LogP contribution in [-0.4, -0.2) is 25.7 Å². The smallest absolute Gasteiger partial charge is 0.151 e. The number of rotatable bonds is 2. The zero-order valence-corrected chi connectivity index (χ0v) is 9.74. The van der Waals surface area contributed by atoms with Crippen LogP contribution < -0.4 is 9.64 Å². The van der Waals surface area contributed by atoms with Crippen LogP contribution in [0.15, 0.2) is 24.3 Å². The summed E-state index contributed by atoms with van der Waals surface area (Å²) in [5, 5.41) is 0. The molecule has 2 heterocycles. The first-order valence-corrected chi connectivity index (χ1v) is 6.50. The van der Waals surface area contributed by atoms with Gasteiger partial charge in [0.25, 0.3) is 0 Å². The minimum atomic E-state index is 0.422. The van der Waals surface area contributed by atoms with Gasteiger partial charge in [0.1, 0.15) is 12.3 Å². The van der Waals surface area contributed by atoms with Crippen LogP contribution in [0.4, 0.5) is 0 Å². The molecule has 0 aromatic heterocycles. The van der Waals surface area contributed by atoms with E-state index in [2.05, 4.69) is 24.3 Å². The maximum absolute atomic E-state index is 5.99. The number of hydrogen-bond acceptors (Lipinski definition) is 1. The number of benzene rings is 1. The Balaban J connectivity index is 1.59. The highest BCUT2D eigenvalue weighted by atomic mass is 16.5. The molecule has 1 fully saturated rings. The van der Waals surface area contributed by atoms with Crippen LogP contribution in [0, 0.1) is 0 Å². The lowest BCUT2D eigenvalue weighted by atomic mass is 10.1. The molecular weight excluding hydrogens is 198 g/mol. The van der Waals surface area contributed by atoms with Crippen LogP contribution in [0.2, 0.25) is 0 Å². The summed E-state index contributed by atoms with van der Waals surface area (Å²) in [5.74, 6) is 1.11. The van der Waals surface area contributed by atoms with Crippen LogP contribution >= 0.6 is 0 Å². The molecule has 0 amide bonds. The Bertz CT molecular complexity index is 333. The van der Waals surface area contributed by atoms with Crippen molar-refractivity contribution in [2.75, 3.05) is 19.6 Å². The van der Waals surface area contributed by atoms with Gasteiger partial charge in [0.15, 0.2) is 6.10 Å². The Hall–Kier alpha value is -1.02. The largest absolute Gasteiger partial charge is 0.484 e. The van der Waals surface area contributed by atoms with E-state index in [1.54, 1.807) is 4.90 Å². The van der Waals surface area contributed by atoms with Crippen molar-refractivity contribution in [3.8, 4) is 5.75 Å². The second kappa shape index (κ2) is 4.46. The van der Waals surface area contributed by atoms with Crippen molar-refractivity contribution in [1.29, 1.82) is 0 Å². The summed E-state index contributed by atoms with van der Waals surface area (Å²) >= 11 is 0. The number of para-hydroxylation sites is 1. The fourth-order valence-corrected chi connectivity index (χ4v) is 2.95. The van der Waals surface area contributed by atoms with E-state index in [1.807, 2.05) is 0 Å². The highest BCUT2D eigenvalue weighted by Crippen LogP contribution is 2.27. The fraction of sp³-hybridized carbons (Fsp3) is 0.571. The lowest BCUT2D eigenvalue weighted by Gasteiger charge is -2.25. The molecule has 1 aromatic carbocycles. The summed E-state index contributed by atoms with van der Waals surface area (Å²) in [6.07, 6.45) is 5.75. The number of piperidine rings is 1. The maximum atomic E-state index is 5.99. The van der Waals surface area contributed by atoms with E-state index in [0.29, 0.717) is 6.10 Å². The van der Waals surface area contributed by atoms with Gasteiger partial charge in [0.2, 0.25) is 0 Å². The molecule has 0 saturated carbocycles. The molecule has 1 atom stereocenters. The zero-order chi connectivity index (χ0) is 10.8. The Morgan fingerprint density at radius 2 is 1.94 bits per heavy atom. The van der Waals surface area contributed by atoms with Gasteiger partial charge in [-0.15, -0.1) is 0 Å². The van der Waals surface area contributed by atoms with Gasteiger partial charge in [-0.1, -0.05) is 18.2 Å². The molecule has 86 valence electrons. The first-order valence-electron chi connectivity index (χ1n) is 6.50. The Morgan fingerprint density at radius 1 is 1.12 bits per heavy atom. The third-order valence-corrected chi connectivity index (χ3v) is 3.79. The molecule has 2 aliphatic heterocycles. The second-order valence-corrected chi connectivity index (χ2v) is 5.07. The van der Waals surface area contributed by atoms with Crippen molar-refractivity contribution in [3.63, 3.8) is 0 Å². The van der Waals surface area contributed by atoms with Gasteiger partial charge in [-0.3, -0.25) is 0 Å². The van der Waals surface area contributed by atoms with E-state index in [9.17, 15) is 0 Å². The molecule has 0 spiro atoms. The zero-order valence-electron chi connectivity index (χ0n) is 9.74. The van der Waals surface area contributed by atoms with Gasteiger partial charge >= 0.3 is 0 Å². The van der Waals surface area contributed by atoms with Gasteiger partial charge in [-0.05, 0) is 30.9 Å². The molecule has 1 aromatic rings. The summed E-state index contributed by atoms with van der Waals surface area (Å²) in [4.78, 5) is 1.74. The monoisotopic (exact) mass is 218 g/mol. The predicted molar refractivity (Wildman–Crippen MR) is 64.0 cm³/mol. The molecule has 3 rings (SSSR count). The van der Waals surface area contributed by atoms with Gasteiger partial charge in [0, 0.05) is 6.42 Å². The van der Waals surface area contributed by atoms with Crippen LogP contribution in [-0.2, 0) is 6.42 Å². The second-order valence-electron chi connectivity index (χ2n) is 5.07. The normalized spacial score (nSPS) is 25.1. The number of fused-ring (bicyclic) bond motifs is 1. The standard InChI is InChI=1S/C14H19NO/c1-4-8-15(9-5-1)11-13-10-12-6-2-3-7-14(12)16-13/h2-3,6-7,13H,1,4-5,8-11H2/p+1/t13-/m1/s1. The number of quaternary nitrogens is 1. The van der Waals surface area contributed by atoms with Crippen LogP contribution in [0.1, 0.15) is 24.8 Å². The topological polar surface area (TPSA) is 13.7 Å². The molecule has 2 heteroatoms. The summed E-state index contributed by atoms with van der Waals surface area (Å²) in [5.41, 5.74) is 1.39. The minimum absolute atomic E-state index is 0.422. The third kappa shape index (κ3) is 2.07. The first kappa shape index (κ1) is 10.2. The van der Waals surface area contributed by atoms with Crippen LogP contribution in [0.3, 0.4) is 0 Å². The average Bonchev–Trinajstić information content (AvgIpc) is 2.72. The molecule has 2 aliphatic rings. The van der Waals surface area contributed by atoms with Gasteiger partial charge in [0.05, 0.1) is 13.1 Å². The van der Waals surface area contributed by atoms with Crippen molar-refractivity contribution in [3.05, 3.63) is 29.8 Å². The fourth-order valence-electron chi connectivity index (χ4n) is 2.95. The Morgan fingerprint density at radius 3 is 2.75 bits per heavy atom. The van der Waals surface area contributed by atoms with E-state index in [0.717, 1.165) is 12.2 Å². The summed E-state index contributed by atoms with van der Waals surface area (Å²) < 4.78 is 5.99. The lowest BCUT2D eigenvalue weighted by molar-refractivity contribution is -0.907. The molecule has 0 aliphatic carbocycles. The third-order valence-electron chi connectivity index (χ3n) is 3.79. The summed E-state index contributed by atoms with van der Waals surface area (Å²) in [6, 6.07) is 8.47. The van der Waals surface area contributed by atoms with E-state index in [-0.39, 0.29) is 0 Å². The molecule has 0 unspecified atom stereocenters. The van der Waals surface area contributed by atoms with E-state index < -0.39 is 0 Å².